The molecule has 2 atom stereocenters. The number of anilines is 1. The van der Waals surface area contributed by atoms with Crippen molar-refractivity contribution in [3.63, 3.8) is 0 Å². The molecule has 1 amide bonds. The van der Waals surface area contributed by atoms with E-state index in [4.69, 9.17) is 0 Å². The molecule has 0 aliphatic heterocycles. The number of carbonyl (C=O) groups excluding carboxylic acids is 1. The second-order valence-electron chi connectivity index (χ2n) is 7.80. The first-order valence-corrected chi connectivity index (χ1v) is 9.85. The Morgan fingerprint density at radius 2 is 1.97 bits per heavy atom. The number of carbonyl (C=O) groups is 1. The van der Waals surface area contributed by atoms with Crippen LogP contribution in [0.5, 0.6) is 0 Å². The number of hydrogen-bond donors (Lipinski definition) is 1. The molecule has 0 bridgehead atoms. The van der Waals surface area contributed by atoms with Crippen molar-refractivity contribution in [2.24, 2.45) is 5.92 Å². The van der Waals surface area contributed by atoms with Crippen LogP contribution in [0.2, 0.25) is 0 Å². The minimum absolute atomic E-state index is 0.199. The van der Waals surface area contributed by atoms with Crippen molar-refractivity contribution in [3.8, 4) is 0 Å². The molecule has 30 heavy (non-hydrogen) atoms. The summed E-state index contributed by atoms with van der Waals surface area (Å²) in [7, 11) is 0. The van der Waals surface area contributed by atoms with Gasteiger partial charge >= 0.3 is 0 Å². The molecule has 7 heteroatoms. The van der Waals surface area contributed by atoms with E-state index in [0.717, 1.165) is 23.0 Å². The van der Waals surface area contributed by atoms with E-state index in [9.17, 15) is 13.6 Å². The third-order valence-corrected chi connectivity index (χ3v) is 5.81. The number of halogens is 2. The molecule has 1 aliphatic carbocycles. The fourth-order valence-electron chi connectivity index (χ4n) is 4.06. The van der Waals surface area contributed by atoms with Crippen LogP contribution in [0.15, 0.2) is 48.8 Å². The fraction of sp³-hybridized carbons (Fsp3) is 0.304. The Balaban J connectivity index is 1.56. The average molecular weight is 408 g/mol. The molecular weight excluding hydrogens is 386 g/mol. The van der Waals surface area contributed by atoms with Gasteiger partial charge in [0.2, 0.25) is 5.91 Å². The van der Waals surface area contributed by atoms with Crippen LogP contribution in [0.3, 0.4) is 0 Å². The van der Waals surface area contributed by atoms with Gasteiger partial charge in [0.05, 0.1) is 6.20 Å². The van der Waals surface area contributed by atoms with Crippen molar-refractivity contribution in [2.75, 3.05) is 5.32 Å². The smallest absolute Gasteiger partial charge is 0.229 e. The van der Waals surface area contributed by atoms with Gasteiger partial charge in [0.15, 0.2) is 0 Å². The van der Waals surface area contributed by atoms with Gasteiger partial charge in [-0.25, -0.2) is 23.7 Å². The molecular formula is C23H22F2N4O. The van der Waals surface area contributed by atoms with Crippen LogP contribution in [0.4, 0.5) is 14.6 Å². The number of aryl methyl sites for hydroxylation is 3. The predicted molar refractivity (Wildman–Crippen MR) is 109 cm³/mol. The molecule has 1 aliphatic rings. The Morgan fingerprint density at radius 1 is 1.13 bits per heavy atom. The van der Waals surface area contributed by atoms with E-state index in [1.165, 1.54) is 24.3 Å². The number of nitrogens with one attached hydrogen (secondary N) is 1. The maximum absolute atomic E-state index is 13.9. The quantitative estimate of drug-likeness (QED) is 0.661. The number of amides is 1. The largest absolute Gasteiger partial charge is 0.310 e. The number of rotatable bonds is 6. The van der Waals surface area contributed by atoms with E-state index in [1.807, 2.05) is 26.1 Å². The molecule has 2 heterocycles. The van der Waals surface area contributed by atoms with Gasteiger partial charge in [-0.2, -0.15) is 0 Å². The lowest BCUT2D eigenvalue weighted by molar-refractivity contribution is -0.117. The van der Waals surface area contributed by atoms with Crippen molar-refractivity contribution in [1.82, 2.24) is 15.0 Å². The minimum Gasteiger partial charge on any atom is -0.310 e. The summed E-state index contributed by atoms with van der Waals surface area (Å²) in [4.78, 5) is 25.5. The molecule has 0 saturated heterocycles. The Kier molecular flexibility index (Phi) is 5.28. The summed E-state index contributed by atoms with van der Waals surface area (Å²) in [6.45, 7) is 3.78. The van der Waals surface area contributed by atoms with Crippen LogP contribution in [-0.4, -0.2) is 20.9 Å². The van der Waals surface area contributed by atoms with E-state index in [2.05, 4.69) is 20.3 Å². The van der Waals surface area contributed by atoms with Gasteiger partial charge in [0, 0.05) is 23.2 Å². The lowest BCUT2D eigenvalue weighted by atomic mass is 9.86. The van der Waals surface area contributed by atoms with Gasteiger partial charge in [0.1, 0.15) is 23.3 Å². The van der Waals surface area contributed by atoms with E-state index in [-0.39, 0.29) is 17.6 Å². The number of aromatic nitrogens is 3. The summed E-state index contributed by atoms with van der Waals surface area (Å²) < 4.78 is 27.0. The highest BCUT2D eigenvalue weighted by Gasteiger charge is 2.58. The third kappa shape index (κ3) is 4.06. The maximum Gasteiger partial charge on any atom is 0.229 e. The average Bonchev–Trinajstić information content (AvgIpc) is 3.45. The van der Waals surface area contributed by atoms with Gasteiger partial charge < -0.3 is 5.32 Å². The van der Waals surface area contributed by atoms with Crippen molar-refractivity contribution in [3.05, 3.63) is 83.1 Å². The molecule has 2 aromatic heterocycles. The zero-order valence-corrected chi connectivity index (χ0v) is 16.8. The monoisotopic (exact) mass is 408 g/mol. The first kappa shape index (κ1) is 20.1. The topological polar surface area (TPSA) is 67.8 Å². The molecule has 1 aromatic carbocycles. The molecule has 4 rings (SSSR count). The lowest BCUT2D eigenvalue weighted by Gasteiger charge is -2.19. The second kappa shape index (κ2) is 7.89. The first-order chi connectivity index (χ1) is 14.4. The summed E-state index contributed by atoms with van der Waals surface area (Å²) in [5.41, 5.74) is 2.26. The van der Waals surface area contributed by atoms with Gasteiger partial charge in [-0.05, 0) is 68.5 Å². The van der Waals surface area contributed by atoms with Crippen molar-refractivity contribution >= 4 is 11.7 Å². The third-order valence-electron chi connectivity index (χ3n) is 5.81. The summed E-state index contributed by atoms with van der Waals surface area (Å²) in [6.07, 6.45) is 4.83. The van der Waals surface area contributed by atoms with Gasteiger partial charge in [-0.15, -0.1) is 0 Å². The minimum atomic E-state index is -0.469. The van der Waals surface area contributed by atoms with E-state index >= 15 is 0 Å². The number of benzene rings is 1. The Hall–Kier alpha value is -3.22. The molecule has 0 spiro atoms. The summed E-state index contributed by atoms with van der Waals surface area (Å²) >= 11 is 0. The number of hydrogen-bond acceptors (Lipinski definition) is 4. The summed E-state index contributed by atoms with van der Waals surface area (Å²) in [5, 5.41) is 2.75. The normalized spacial score (nSPS) is 20.1. The number of nitrogens with zero attached hydrogens (tertiary/aromatic N) is 3. The Bertz CT molecular complexity index is 1090. The highest BCUT2D eigenvalue weighted by molar-refractivity contribution is 5.95. The van der Waals surface area contributed by atoms with Crippen LogP contribution < -0.4 is 5.32 Å². The van der Waals surface area contributed by atoms with Crippen LogP contribution in [0, 0.1) is 31.4 Å². The molecule has 154 valence electrons. The standard InChI is InChI=1S/C23H22F2N4O/c1-14-16(12-26-15(2)28-14)8-9-23(17-4-3-5-18(24)10-17)11-20(23)22(30)29-21-7-6-19(25)13-27-21/h3-7,10,12-13,20H,8-9,11H2,1-2H3,(H,27,29,30)/t20?,23-/m0/s1. The van der Waals surface area contributed by atoms with Crippen molar-refractivity contribution in [2.45, 2.75) is 38.5 Å². The van der Waals surface area contributed by atoms with Crippen molar-refractivity contribution < 1.29 is 13.6 Å². The van der Waals surface area contributed by atoms with E-state index < -0.39 is 11.2 Å². The Morgan fingerprint density at radius 3 is 2.67 bits per heavy atom. The molecule has 0 radical (unpaired) electrons. The van der Waals surface area contributed by atoms with Crippen LogP contribution in [-0.2, 0) is 16.6 Å². The highest BCUT2D eigenvalue weighted by Crippen LogP contribution is 2.57. The van der Waals surface area contributed by atoms with Gasteiger partial charge in [0.25, 0.3) is 0 Å². The van der Waals surface area contributed by atoms with Crippen LogP contribution in [0.25, 0.3) is 0 Å². The summed E-state index contributed by atoms with van der Waals surface area (Å²) in [6, 6.07) is 9.10. The molecule has 1 N–H and O–H groups in total. The number of pyridine rings is 1. The van der Waals surface area contributed by atoms with Crippen LogP contribution >= 0.6 is 0 Å². The lowest BCUT2D eigenvalue weighted by Crippen LogP contribution is -2.22. The maximum atomic E-state index is 13.9. The SMILES string of the molecule is Cc1ncc(CC[C@@]2(c3cccc(F)c3)CC2C(=O)Nc2ccc(F)cn2)c(C)n1. The predicted octanol–water partition coefficient (Wildman–Crippen LogP) is 4.30. The molecule has 1 fully saturated rings. The highest BCUT2D eigenvalue weighted by atomic mass is 19.1. The van der Waals surface area contributed by atoms with Crippen LogP contribution in [0.1, 0.15) is 35.5 Å². The fourth-order valence-corrected chi connectivity index (χ4v) is 4.06. The molecule has 1 saturated carbocycles. The zero-order chi connectivity index (χ0) is 21.3. The molecule has 3 aromatic rings. The first-order valence-electron chi connectivity index (χ1n) is 9.85. The van der Waals surface area contributed by atoms with E-state index in [0.29, 0.717) is 30.9 Å². The Labute approximate surface area is 173 Å². The molecule has 1 unspecified atom stereocenters. The van der Waals surface area contributed by atoms with Gasteiger partial charge in [-0.1, -0.05) is 12.1 Å². The van der Waals surface area contributed by atoms with Crippen molar-refractivity contribution in [1.29, 1.82) is 0 Å². The molecule has 5 nitrogen and oxygen atoms in total. The zero-order valence-electron chi connectivity index (χ0n) is 16.8. The van der Waals surface area contributed by atoms with Gasteiger partial charge in [-0.3, -0.25) is 4.79 Å². The second-order valence-corrected chi connectivity index (χ2v) is 7.80. The summed E-state index contributed by atoms with van der Waals surface area (Å²) in [5.74, 6) is -0.305. The van der Waals surface area contributed by atoms with E-state index in [1.54, 1.807) is 6.07 Å².